The van der Waals surface area contributed by atoms with E-state index >= 15 is 0 Å². The standard InChI is InChI=1S/C9H20.CH4O3S/c1-3-5-7-9-8-6-4-2;1-5(2,3)4/h3-9H2,1-2H3;1H3,(H,2,3,4). The molecule has 0 spiro atoms. The highest BCUT2D eigenvalue weighted by molar-refractivity contribution is 7.85. The van der Waals surface area contributed by atoms with Crippen LogP contribution < -0.4 is 0 Å². The lowest BCUT2D eigenvalue weighted by Crippen LogP contribution is -1.88. The van der Waals surface area contributed by atoms with Crippen LogP contribution in [0.5, 0.6) is 0 Å². The molecule has 0 aliphatic carbocycles. The van der Waals surface area contributed by atoms with E-state index in [0.717, 1.165) is 0 Å². The highest BCUT2D eigenvalue weighted by Gasteiger charge is 1.85. The summed E-state index contributed by atoms with van der Waals surface area (Å²) >= 11 is 0. The second-order valence-electron chi connectivity index (χ2n) is 3.50. The average molecular weight is 224 g/mol. The van der Waals surface area contributed by atoms with Crippen LogP contribution >= 0.6 is 0 Å². The third-order valence-corrected chi connectivity index (χ3v) is 1.71. The molecule has 0 aromatic rings. The predicted octanol–water partition coefficient (Wildman–Crippen LogP) is 3.26. The third kappa shape index (κ3) is 40.6. The first-order chi connectivity index (χ1) is 6.41. The molecular weight excluding hydrogens is 200 g/mol. The molecule has 88 valence electrons. The van der Waals surface area contributed by atoms with Crippen LogP contribution in [-0.4, -0.2) is 19.2 Å². The summed E-state index contributed by atoms with van der Waals surface area (Å²) in [7, 11) is -3.67. The summed E-state index contributed by atoms with van der Waals surface area (Å²) in [5.41, 5.74) is 0. The van der Waals surface area contributed by atoms with E-state index in [9.17, 15) is 8.42 Å². The van der Waals surface area contributed by atoms with Crippen LogP contribution in [0.2, 0.25) is 0 Å². The summed E-state index contributed by atoms with van der Waals surface area (Å²) in [6.07, 6.45) is 10.7. The fourth-order valence-corrected chi connectivity index (χ4v) is 1.03. The van der Waals surface area contributed by atoms with Gasteiger partial charge in [0.1, 0.15) is 0 Å². The summed E-state index contributed by atoms with van der Waals surface area (Å²) in [4.78, 5) is 0. The second kappa shape index (κ2) is 11.0. The molecule has 0 heterocycles. The normalized spacial score (nSPS) is 10.6. The van der Waals surface area contributed by atoms with Gasteiger partial charge in [0.15, 0.2) is 0 Å². The maximum atomic E-state index is 9.19. The van der Waals surface area contributed by atoms with Gasteiger partial charge in [-0.1, -0.05) is 58.8 Å². The van der Waals surface area contributed by atoms with E-state index in [1.54, 1.807) is 0 Å². The molecule has 1 N–H and O–H groups in total. The Morgan fingerprint density at radius 3 is 1.29 bits per heavy atom. The summed E-state index contributed by atoms with van der Waals surface area (Å²) in [5, 5.41) is 0. The van der Waals surface area contributed by atoms with E-state index < -0.39 is 10.1 Å². The van der Waals surface area contributed by atoms with E-state index in [0.29, 0.717) is 6.26 Å². The fraction of sp³-hybridized carbons (Fsp3) is 1.00. The molecule has 0 saturated carbocycles. The summed E-state index contributed by atoms with van der Waals surface area (Å²) in [6.45, 7) is 4.53. The van der Waals surface area contributed by atoms with Gasteiger partial charge in [-0.15, -0.1) is 0 Å². The highest BCUT2D eigenvalue weighted by atomic mass is 32.2. The summed E-state index contributed by atoms with van der Waals surface area (Å²) in [6, 6.07) is 0. The Morgan fingerprint density at radius 1 is 0.857 bits per heavy atom. The molecular formula is C10H24O3S. The predicted molar refractivity (Wildman–Crippen MR) is 61.1 cm³/mol. The van der Waals surface area contributed by atoms with Crippen LogP contribution in [0.25, 0.3) is 0 Å². The zero-order valence-corrected chi connectivity index (χ0v) is 10.4. The number of rotatable bonds is 6. The van der Waals surface area contributed by atoms with Crippen molar-refractivity contribution in [3.05, 3.63) is 0 Å². The van der Waals surface area contributed by atoms with Gasteiger partial charge < -0.3 is 0 Å². The molecule has 3 nitrogen and oxygen atoms in total. The highest BCUT2D eigenvalue weighted by Crippen LogP contribution is 2.05. The SMILES string of the molecule is CCCCCCCCC.CS(=O)(=O)O. The van der Waals surface area contributed by atoms with E-state index in [4.69, 9.17) is 4.55 Å². The van der Waals surface area contributed by atoms with Crippen molar-refractivity contribution in [1.29, 1.82) is 0 Å². The molecule has 0 aromatic carbocycles. The molecule has 4 heteroatoms. The molecule has 0 bridgehead atoms. The smallest absolute Gasteiger partial charge is 0.261 e. The van der Waals surface area contributed by atoms with Crippen molar-refractivity contribution in [1.82, 2.24) is 0 Å². The molecule has 0 aromatic heterocycles. The minimum atomic E-state index is -3.67. The molecule has 0 aliphatic heterocycles. The van der Waals surface area contributed by atoms with Gasteiger partial charge in [0.25, 0.3) is 10.1 Å². The summed E-state index contributed by atoms with van der Waals surface area (Å²) < 4.78 is 25.9. The van der Waals surface area contributed by atoms with Crippen molar-refractivity contribution < 1.29 is 13.0 Å². The van der Waals surface area contributed by atoms with Gasteiger partial charge in [-0.05, 0) is 0 Å². The minimum absolute atomic E-state index is 0.715. The molecule has 0 amide bonds. The van der Waals surface area contributed by atoms with Crippen molar-refractivity contribution in [3.63, 3.8) is 0 Å². The van der Waals surface area contributed by atoms with E-state index in [2.05, 4.69) is 13.8 Å². The van der Waals surface area contributed by atoms with Crippen molar-refractivity contribution >= 4 is 10.1 Å². The van der Waals surface area contributed by atoms with Gasteiger partial charge in [-0.3, -0.25) is 4.55 Å². The zero-order valence-electron chi connectivity index (χ0n) is 9.62. The van der Waals surface area contributed by atoms with Gasteiger partial charge in [-0.2, -0.15) is 8.42 Å². The first-order valence-electron chi connectivity index (χ1n) is 5.34. The number of hydrogen-bond donors (Lipinski definition) is 1. The van der Waals surface area contributed by atoms with Crippen molar-refractivity contribution in [2.24, 2.45) is 0 Å². The molecule has 0 rings (SSSR count). The molecule has 14 heavy (non-hydrogen) atoms. The van der Waals surface area contributed by atoms with Crippen LogP contribution in [0.15, 0.2) is 0 Å². The molecule has 0 fully saturated rings. The Bertz CT molecular complexity index is 172. The first kappa shape index (κ1) is 16.3. The van der Waals surface area contributed by atoms with E-state index in [1.165, 1.54) is 44.9 Å². The third-order valence-electron chi connectivity index (χ3n) is 1.71. The van der Waals surface area contributed by atoms with Gasteiger partial charge in [-0.25, -0.2) is 0 Å². The van der Waals surface area contributed by atoms with Gasteiger partial charge in [0.05, 0.1) is 6.26 Å². The Balaban J connectivity index is 0. The Morgan fingerprint density at radius 2 is 1.07 bits per heavy atom. The minimum Gasteiger partial charge on any atom is -0.286 e. The van der Waals surface area contributed by atoms with Crippen LogP contribution in [-0.2, 0) is 10.1 Å². The quantitative estimate of drug-likeness (QED) is 0.556. The lowest BCUT2D eigenvalue weighted by molar-refractivity contribution is 0.490. The van der Waals surface area contributed by atoms with Crippen molar-refractivity contribution in [3.8, 4) is 0 Å². The van der Waals surface area contributed by atoms with Gasteiger partial charge in [0.2, 0.25) is 0 Å². The monoisotopic (exact) mass is 224 g/mol. The molecule has 0 radical (unpaired) electrons. The lowest BCUT2D eigenvalue weighted by Gasteiger charge is -1.96. The van der Waals surface area contributed by atoms with E-state index in [1.807, 2.05) is 0 Å². The topological polar surface area (TPSA) is 54.4 Å². The zero-order chi connectivity index (χ0) is 11.4. The summed E-state index contributed by atoms with van der Waals surface area (Å²) in [5.74, 6) is 0. The van der Waals surface area contributed by atoms with Crippen LogP contribution in [0.4, 0.5) is 0 Å². The maximum Gasteiger partial charge on any atom is 0.261 e. The second-order valence-corrected chi connectivity index (χ2v) is 4.97. The molecule has 0 saturated heterocycles. The maximum absolute atomic E-state index is 9.19. The Hall–Kier alpha value is -0.0900. The fourth-order valence-electron chi connectivity index (χ4n) is 1.03. The Labute approximate surface area is 88.7 Å². The van der Waals surface area contributed by atoms with Crippen LogP contribution in [0, 0.1) is 0 Å². The van der Waals surface area contributed by atoms with Crippen LogP contribution in [0.3, 0.4) is 0 Å². The van der Waals surface area contributed by atoms with Gasteiger partial charge in [0, 0.05) is 0 Å². The Kier molecular flexibility index (Phi) is 12.8. The number of hydrogen-bond acceptors (Lipinski definition) is 2. The average Bonchev–Trinajstić information content (AvgIpc) is 2.01. The van der Waals surface area contributed by atoms with Crippen molar-refractivity contribution in [2.75, 3.05) is 6.26 Å². The first-order valence-corrected chi connectivity index (χ1v) is 7.19. The van der Waals surface area contributed by atoms with Gasteiger partial charge >= 0.3 is 0 Å². The molecule has 0 atom stereocenters. The number of unbranched alkanes of at least 4 members (excludes halogenated alkanes) is 6. The van der Waals surface area contributed by atoms with Crippen LogP contribution in [0.1, 0.15) is 58.8 Å². The molecule has 0 unspecified atom stereocenters. The van der Waals surface area contributed by atoms with E-state index in [-0.39, 0.29) is 0 Å². The molecule has 0 aliphatic rings. The largest absolute Gasteiger partial charge is 0.286 e. The van der Waals surface area contributed by atoms with Crippen molar-refractivity contribution in [2.45, 2.75) is 58.8 Å². The lowest BCUT2D eigenvalue weighted by atomic mass is 10.1.